The number of carbonyl (C=O) groups is 1. The summed E-state index contributed by atoms with van der Waals surface area (Å²) in [6.07, 6.45) is -3.24. The first-order valence-corrected chi connectivity index (χ1v) is 14.9. The van der Waals surface area contributed by atoms with E-state index >= 15 is 0 Å². The number of rotatable bonds is 13. The number of amides is 1. The molecule has 4 rings (SSSR count). The Kier molecular flexibility index (Phi) is 12.7. The first kappa shape index (κ1) is 34.1. The van der Waals surface area contributed by atoms with Gasteiger partial charge in [-0.15, -0.1) is 0 Å². The molecule has 0 aromatic heterocycles. The molecule has 0 spiro atoms. The zero-order valence-corrected chi connectivity index (χ0v) is 25.4. The van der Waals surface area contributed by atoms with E-state index < -0.39 is 23.2 Å². The van der Waals surface area contributed by atoms with Crippen LogP contribution in [0.2, 0.25) is 0 Å². The quantitative estimate of drug-likeness (QED) is 0.135. The number of amidine groups is 2. The normalized spacial score (nSPS) is 15.9. The summed E-state index contributed by atoms with van der Waals surface area (Å²) in [4.78, 5) is 26.4. The molecular formula is C33H37F3N6O4. The highest BCUT2D eigenvalue weighted by molar-refractivity contribution is 6.14. The maximum absolute atomic E-state index is 13.1. The van der Waals surface area contributed by atoms with E-state index in [1.807, 2.05) is 30.3 Å². The van der Waals surface area contributed by atoms with E-state index in [0.29, 0.717) is 37.1 Å². The Morgan fingerprint density at radius 1 is 0.891 bits per heavy atom. The predicted octanol–water partition coefficient (Wildman–Crippen LogP) is 5.98. The summed E-state index contributed by atoms with van der Waals surface area (Å²) in [5, 5.41) is 18.7. The third kappa shape index (κ3) is 10.7. The molecule has 1 aliphatic heterocycles. The van der Waals surface area contributed by atoms with Gasteiger partial charge in [0.05, 0.1) is 44.1 Å². The van der Waals surface area contributed by atoms with Crippen molar-refractivity contribution in [2.75, 3.05) is 50.2 Å². The van der Waals surface area contributed by atoms with Gasteiger partial charge in [0.15, 0.2) is 0 Å². The number of aliphatic imine (C=N–C) groups is 3. The van der Waals surface area contributed by atoms with Gasteiger partial charge < -0.3 is 30.5 Å². The Morgan fingerprint density at radius 3 is 2.28 bits per heavy atom. The molecule has 1 heterocycles. The van der Waals surface area contributed by atoms with Gasteiger partial charge in [0.2, 0.25) is 5.96 Å². The van der Waals surface area contributed by atoms with Crippen LogP contribution in [0, 0.1) is 5.92 Å². The maximum atomic E-state index is 13.1. The van der Waals surface area contributed by atoms with Crippen LogP contribution in [0.25, 0.3) is 0 Å². The molecule has 0 aliphatic carbocycles. The van der Waals surface area contributed by atoms with Crippen molar-refractivity contribution >= 4 is 34.9 Å². The van der Waals surface area contributed by atoms with Gasteiger partial charge >= 0.3 is 6.18 Å². The van der Waals surface area contributed by atoms with Gasteiger partial charge in [0.25, 0.3) is 5.91 Å². The minimum absolute atomic E-state index is 0.0403. The van der Waals surface area contributed by atoms with Gasteiger partial charge in [-0.3, -0.25) is 9.79 Å². The fraction of sp³-hybridized carbons (Fsp3) is 0.333. The number of guanidine groups is 1. The molecule has 1 unspecified atom stereocenters. The third-order valence-corrected chi connectivity index (χ3v) is 6.85. The number of nitrogens with one attached hydrogen (secondary N) is 3. The highest BCUT2D eigenvalue weighted by Gasteiger charge is 2.34. The minimum atomic E-state index is -4.61. The number of hydrogen-bond acceptors (Lipinski definition) is 8. The number of benzene rings is 3. The molecule has 1 amide bonds. The molecule has 0 saturated heterocycles. The minimum Gasteiger partial charge on any atom is -0.508 e. The second-order valence-electron chi connectivity index (χ2n) is 10.2. The summed E-state index contributed by atoms with van der Waals surface area (Å²) in [6, 6.07) is 21.0. The smallest absolute Gasteiger partial charge is 0.417 e. The molecule has 3 aromatic carbocycles. The Bertz CT molecular complexity index is 1510. The van der Waals surface area contributed by atoms with Crippen molar-refractivity contribution in [1.29, 1.82) is 0 Å². The molecule has 13 heteroatoms. The zero-order valence-electron chi connectivity index (χ0n) is 25.4. The van der Waals surface area contributed by atoms with Crippen LogP contribution in [-0.4, -0.2) is 68.2 Å². The van der Waals surface area contributed by atoms with Crippen molar-refractivity contribution in [3.63, 3.8) is 0 Å². The Morgan fingerprint density at radius 2 is 1.57 bits per heavy atom. The van der Waals surface area contributed by atoms with Crippen LogP contribution >= 0.6 is 0 Å². The molecule has 1 aliphatic rings. The average molecular weight is 639 g/mol. The van der Waals surface area contributed by atoms with Crippen LogP contribution in [0.1, 0.15) is 35.7 Å². The molecule has 0 fully saturated rings. The van der Waals surface area contributed by atoms with E-state index in [1.165, 1.54) is 12.1 Å². The van der Waals surface area contributed by atoms with Crippen molar-refractivity contribution in [1.82, 2.24) is 5.32 Å². The second kappa shape index (κ2) is 17.1. The van der Waals surface area contributed by atoms with Crippen molar-refractivity contribution in [2.24, 2.45) is 20.9 Å². The standard InChI is InChI=1S/C33H37F3N6O4/c1-2-23-22-29(41-32(40-25-12-14-26(43)15-13-25)42-30(23)39-24-8-4-3-5-9-24)37-16-18-45-20-21-46-19-17-38-31(44)27-10-6-7-11-28(27)33(34,35)36/h3-15,23,43H,2,16-22H2,1H3,(H,38,44)(H2,37,39,40,41,42). The lowest BCUT2D eigenvalue weighted by atomic mass is 10.00. The van der Waals surface area contributed by atoms with E-state index in [-0.39, 0.29) is 38.0 Å². The lowest BCUT2D eigenvalue weighted by Gasteiger charge is -2.17. The number of phenols is 1. The molecule has 244 valence electrons. The number of alkyl halides is 3. The number of halogens is 3. The summed E-state index contributed by atoms with van der Waals surface area (Å²) in [5.41, 5.74) is 0.213. The predicted molar refractivity (Wildman–Crippen MR) is 173 cm³/mol. The molecule has 10 nitrogen and oxygen atoms in total. The number of aromatic hydroxyl groups is 1. The highest BCUT2D eigenvalue weighted by atomic mass is 19.4. The maximum Gasteiger partial charge on any atom is 0.417 e. The van der Waals surface area contributed by atoms with E-state index in [2.05, 4.69) is 27.9 Å². The summed E-state index contributed by atoms with van der Waals surface area (Å²) in [7, 11) is 0. The summed E-state index contributed by atoms with van der Waals surface area (Å²) in [5.74, 6) is 1.12. The number of carbonyl (C=O) groups excluding carboxylic acids is 1. The van der Waals surface area contributed by atoms with Gasteiger partial charge in [-0.1, -0.05) is 37.3 Å². The molecule has 0 radical (unpaired) electrons. The molecule has 0 bridgehead atoms. The number of phenolic OH excluding ortho intramolecular Hbond substituents is 1. The summed E-state index contributed by atoms with van der Waals surface area (Å²) in [6.45, 7) is 3.45. The van der Waals surface area contributed by atoms with E-state index in [4.69, 9.17) is 19.5 Å². The van der Waals surface area contributed by atoms with Crippen LogP contribution in [0.15, 0.2) is 93.8 Å². The average Bonchev–Trinajstić information content (AvgIpc) is 3.21. The third-order valence-electron chi connectivity index (χ3n) is 6.85. The number of ether oxygens (including phenoxy) is 2. The Labute approximate surface area is 265 Å². The molecule has 4 N–H and O–H groups in total. The van der Waals surface area contributed by atoms with Crippen LogP contribution in [-0.2, 0) is 15.7 Å². The summed E-state index contributed by atoms with van der Waals surface area (Å²) < 4.78 is 50.4. The highest BCUT2D eigenvalue weighted by Crippen LogP contribution is 2.31. The fourth-order valence-electron chi connectivity index (χ4n) is 4.50. The van der Waals surface area contributed by atoms with Crippen LogP contribution < -0.4 is 16.0 Å². The molecular weight excluding hydrogens is 601 g/mol. The van der Waals surface area contributed by atoms with E-state index in [9.17, 15) is 23.1 Å². The molecule has 0 saturated carbocycles. The van der Waals surface area contributed by atoms with Gasteiger partial charge in [0, 0.05) is 30.3 Å². The SMILES string of the molecule is CCC1CC(=NCCOCCOCCNC(=O)c2ccccc2C(F)(F)F)N=C(Nc2ccc(O)cc2)N=C1Nc1ccccc1. The van der Waals surface area contributed by atoms with E-state index in [1.54, 1.807) is 24.3 Å². The Balaban J connectivity index is 1.24. The van der Waals surface area contributed by atoms with Gasteiger partial charge in [-0.05, 0) is 55.0 Å². The lowest BCUT2D eigenvalue weighted by molar-refractivity contribution is -0.137. The Hall–Kier alpha value is -4.75. The zero-order chi connectivity index (χ0) is 32.8. The number of anilines is 2. The van der Waals surface area contributed by atoms with E-state index in [0.717, 1.165) is 30.1 Å². The van der Waals surface area contributed by atoms with Crippen molar-refractivity contribution in [3.05, 3.63) is 90.0 Å². The molecule has 3 aromatic rings. The topological polar surface area (TPSA) is 129 Å². The van der Waals surface area contributed by atoms with Crippen molar-refractivity contribution < 1.29 is 32.5 Å². The van der Waals surface area contributed by atoms with Crippen LogP contribution in [0.5, 0.6) is 5.75 Å². The number of para-hydroxylation sites is 1. The second-order valence-corrected chi connectivity index (χ2v) is 10.2. The van der Waals surface area contributed by atoms with Crippen molar-refractivity contribution in [3.8, 4) is 5.75 Å². The molecule has 1 atom stereocenters. The summed E-state index contributed by atoms with van der Waals surface area (Å²) >= 11 is 0. The van der Waals surface area contributed by atoms with Gasteiger partial charge in [-0.2, -0.15) is 23.2 Å². The van der Waals surface area contributed by atoms with Crippen LogP contribution in [0.4, 0.5) is 24.5 Å². The largest absolute Gasteiger partial charge is 0.508 e. The number of nitrogens with zero attached hydrogens (tertiary/aromatic N) is 3. The lowest BCUT2D eigenvalue weighted by Crippen LogP contribution is -2.29. The fourth-order valence-corrected chi connectivity index (χ4v) is 4.50. The molecule has 46 heavy (non-hydrogen) atoms. The van der Waals surface area contributed by atoms with Crippen LogP contribution in [0.3, 0.4) is 0 Å². The first-order chi connectivity index (χ1) is 22.2. The van der Waals surface area contributed by atoms with Gasteiger partial charge in [-0.25, -0.2) is 0 Å². The monoisotopic (exact) mass is 638 g/mol. The van der Waals surface area contributed by atoms with Crippen molar-refractivity contribution in [2.45, 2.75) is 25.9 Å². The number of hydrogen-bond donors (Lipinski definition) is 4. The van der Waals surface area contributed by atoms with Gasteiger partial charge in [0.1, 0.15) is 17.4 Å². The first-order valence-electron chi connectivity index (χ1n) is 14.9.